The molecule has 1 aromatic carbocycles. The number of allylic oxidation sites excluding steroid dienone is 2. The molecule has 4 aliphatic carbocycles. The van der Waals surface area contributed by atoms with E-state index < -0.39 is 51.0 Å². The van der Waals surface area contributed by atoms with Gasteiger partial charge < -0.3 is 20.4 Å². The van der Waals surface area contributed by atoms with Gasteiger partial charge in [-0.15, -0.1) is 0 Å². The lowest BCUT2D eigenvalue weighted by molar-refractivity contribution is -0.177. The molecule has 7 nitrogen and oxygen atoms in total. The van der Waals surface area contributed by atoms with Crippen LogP contribution >= 0.6 is 0 Å². The third-order valence-electron chi connectivity index (χ3n) is 11.4. The molecule has 4 aliphatic rings. The number of aliphatic carboxylic acids is 1. The summed E-state index contributed by atoms with van der Waals surface area (Å²) in [6, 6.07) is 1.36. The van der Waals surface area contributed by atoms with Crippen LogP contribution in [0.3, 0.4) is 0 Å². The van der Waals surface area contributed by atoms with Crippen LogP contribution in [-0.4, -0.2) is 38.1 Å². The highest BCUT2D eigenvalue weighted by atomic mass is 16.4. The van der Waals surface area contributed by atoms with E-state index in [1.807, 2.05) is 13.8 Å². The minimum absolute atomic E-state index is 0.0225. The first-order valence-electron chi connectivity index (χ1n) is 12.9. The van der Waals surface area contributed by atoms with Crippen molar-refractivity contribution in [1.29, 1.82) is 0 Å². The van der Waals surface area contributed by atoms with E-state index in [9.17, 15) is 34.8 Å². The first-order valence-corrected chi connectivity index (χ1v) is 12.9. The summed E-state index contributed by atoms with van der Waals surface area (Å²) >= 11 is 0. The van der Waals surface area contributed by atoms with Gasteiger partial charge in [-0.3, -0.25) is 9.59 Å². The second-order valence-electron chi connectivity index (χ2n) is 13.1. The molecular weight excluding hydrogens is 460 g/mol. The first-order chi connectivity index (χ1) is 16.5. The fourth-order valence-corrected chi connectivity index (χ4v) is 8.73. The Morgan fingerprint density at radius 1 is 0.917 bits per heavy atom. The van der Waals surface area contributed by atoms with Crippen LogP contribution in [0.25, 0.3) is 0 Å². The molecule has 0 heterocycles. The molecule has 0 aromatic heterocycles. The summed E-state index contributed by atoms with van der Waals surface area (Å²) < 4.78 is 0. The Morgan fingerprint density at radius 3 is 2.17 bits per heavy atom. The smallest absolute Gasteiger partial charge is 0.340 e. The zero-order chi connectivity index (χ0) is 26.6. The van der Waals surface area contributed by atoms with Crippen molar-refractivity contribution in [3.63, 3.8) is 0 Å². The molecular formula is C29H36O7. The summed E-state index contributed by atoms with van der Waals surface area (Å²) in [5.74, 6) is -3.85. The van der Waals surface area contributed by atoms with Gasteiger partial charge in [-0.2, -0.15) is 0 Å². The highest BCUT2D eigenvalue weighted by Gasteiger charge is 2.67. The van der Waals surface area contributed by atoms with E-state index in [2.05, 4.69) is 20.8 Å². The predicted octanol–water partition coefficient (Wildman–Crippen LogP) is 5.67. The van der Waals surface area contributed by atoms with Gasteiger partial charge >= 0.3 is 11.9 Å². The van der Waals surface area contributed by atoms with Crippen LogP contribution in [0.4, 0.5) is 0 Å². The monoisotopic (exact) mass is 496 g/mol. The van der Waals surface area contributed by atoms with E-state index >= 15 is 0 Å². The number of carbonyl (C=O) groups excluding carboxylic acids is 1. The molecule has 0 amide bonds. The summed E-state index contributed by atoms with van der Waals surface area (Å²) in [6.07, 6.45) is 6.89. The second-order valence-corrected chi connectivity index (χ2v) is 13.1. The van der Waals surface area contributed by atoms with Crippen LogP contribution in [-0.2, 0) is 10.2 Å². The molecule has 3 saturated carbocycles. The summed E-state index contributed by atoms with van der Waals surface area (Å²) in [6.45, 7) is 10.6. The number of aromatic carboxylic acids is 1. The minimum Gasteiger partial charge on any atom is -0.504 e. The fourth-order valence-electron chi connectivity index (χ4n) is 8.73. The quantitative estimate of drug-likeness (QED) is 0.388. The summed E-state index contributed by atoms with van der Waals surface area (Å²) in [7, 11) is 0. The number of rotatable bonds is 2. The van der Waals surface area contributed by atoms with Crippen LogP contribution < -0.4 is 0 Å². The summed E-state index contributed by atoms with van der Waals surface area (Å²) in [4.78, 5) is 37.8. The SMILES string of the molecule is C[C@@]1(C(=O)O)CC[C@]2(C)CC[C@]3(C)C4=CC(=O)c5c(cc(O)c(O)c5C(=O)O)[C@]4(C)CC[C@@]3(C)[C@H]2C1. The molecule has 4 N–H and O–H groups in total. The molecule has 36 heavy (non-hydrogen) atoms. The number of phenols is 2. The molecule has 194 valence electrons. The van der Waals surface area contributed by atoms with Gasteiger partial charge in [0.1, 0.15) is 5.56 Å². The Balaban J connectivity index is 1.69. The topological polar surface area (TPSA) is 132 Å². The largest absolute Gasteiger partial charge is 0.504 e. The summed E-state index contributed by atoms with van der Waals surface area (Å²) in [5.41, 5.74) is -1.32. The van der Waals surface area contributed by atoms with E-state index in [4.69, 9.17) is 0 Å². The third kappa shape index (κ3) is 2.83. The van der Waals surface area contributed by atoms with Gasteiger partial charge in [-0.1, -0.05) is 27.7 Å². The van der Waals surface area contributed by atoms with E-state index in [0.717, 1.165) is 31.3 Å². The Morgan fingerprint density at radius 2 is 1.56 bits per heavy atom. The van der Waals surface area contributed by atoms with Crippen LogP contribution in [0.5, 0.6) is 11.5 Å². The van der Waals surface area contributed by atoms with Gasteiger partial charge in [-0.05, 0) is 97.3 Å². The zero-order valence-electron chi connectivity index (χ0n) is 21.7. The van der Waals surface area contributed by atoms with Gasteiger partial charge in [0.25, 0.3) is 0 Å². The number of carboxylic acid groups (broad SMARTS) is 2. The maximum absolute atomic E-state index is 13.5. The number of ketones is 1. The lowest BCUT2D eigenvalue weighted by Crippen LogP contribution is -2.62. The molecule has 0 unspecified atom stereocenters. The van der Waals surface area contributed by atoms with Crippen LogP contribution in [0.2, 0.25) is 0 Å². The van der Waals surface area contributed by atoms with Crippen molar-refractivity contribution in [2.24, 2.45) is 27.6 Å². The molecule has 6 atom stereocenters. The number of hydrogen-bond acceptors (Lipinski definition) is 5. The average molecular weight is 497 g/mol. The number of benzene rings is 1. The van der Waals surface area contributed by atoms with E-state index in [0.29, 0.717) is 24.8 Å². The normalized spacial score (nSPS) is 41.3. The van der Waals surface area contributed by atoms with Crippen LogP contribution in [0.1, 0.15) is 106 Å². The summed E-state index contributed by atoms with van der Waals surface area (Å²) in [5, 5.41) is 40.6. The number of aromatic hydroxyl groups is 2. The molecule has 5 rings (SSSR count). The maximum Gasteiger partial charge on any atom is 0.340 e. The lowest BCUT2D eigenvalue weighted by atomic mass is 9.34. The van der Waals surface area contributed by atoms with Gasteiger partial charge in [0.15, 0.2) is 17.3 Å². The number of carboxylic acids is 2. The molecule has 7 heteroatoms. The number of phenolic OH excluding ortho intramolecular Hbond substituents is 1. The van der Waals surface area contributed by atoms with Gasteiger partial charge in [-0.25, -0.2) is 4.79 Å². The maximum atomic E-state index is 13.5. The van der Waals surface area contributed by atoms with E-state index in [-0.39, 0.29) is 22.3 Å². The Kier molecular flexibility index (Phi) is 4.93. The molecule has 0 aliphatic heterocycles. The van der Waals surface area contributed by atoms with Crippen molar-refractivity contribution in [3.8, 4) is 11.5 Å². The van der Waals surface area contributed by atoms with E-state index in [1.165, 1.54) is 6.07 Å². The molecule has 0 bridgehead atoms. The van der Waals surface area contributed by atoms with Crippen LogP contribution in [0, 0.1) is 27.6 Å². The van der Waals surface area contributed by atoms with Crippen molar-refractivity contribution < 1.29 is 34.8 Å². The second kappa shape index (κ2) is 7.14. The van der Waals surface area contributed by atoms with Crippen molar-refractivity contribution in [2.45, 2.75) is 85.0 Å². The van der Waals surface area contributed by atoms with Crippen molar-refractivity contribution in [3.05, 3.63) is 34.4 Å². The van der Waals surface area contributed by atoms with Crippen molar-refractivity contribution in [2.75, 3.05) is 0 Å². The standard InChI is InChI=1S/C29H36O7/c1-25-6-7-26(2,24(35)36)14-19(25)29(5)11-9-27(3)15-12-17(31)22(32)21(23(33)34)20(15)16(30)13-18(27)28(29,4)10-8-25/h12-13,19,31-32H,6-11,14H2,1-5H3,(H,33,34)(H,35,36)/t19-,25+,26+,27-,28+,29-/m0/s1. The average Bonchev–Trinajstić information content (AvgIpc) is 2.79. The molecule has 1 aromatic rings. The fraction of sp³-hybridized carbons (Fsp3) is 0.621. The van der Waals surface area contributed by atoms with Crippen LogP contribution in [0.15, 0.2) is 17.7 Å². The number of fused-ring (bicyclic) bond motifs is 7. The molecule has 0 spiro atoms. The Labute approximate surface area is 211 Å². The van der Waals surface area contributed by atoms with Gasteiger partial charge in [0, 0.05) is 11.0 Å². The Bertz CT molecular complexity index is 1260. The zero-order valence-corrected chi connectivity index (χ0v) is 21.7. The van der Waals surface area contributed by atoms with Gasteiger partial charge in [0.2, 0.25) is 0 Å². The Hall–Kier alpha value is -2.83. The van der Waals surface area contributed by atoms with E-state index in [1.54, 1.807) is 6.08 Å². The van der Waals surface area contributed by atoms with Crippen molar-refractivity contribution in [1.82, 2.24) is 0 Å². The van der Waals surface area contributed by atoms with Crippen molar-refractivity contribution >= 4 is 17.7 Å². The highest BCUT2D eigenvalue weighted by Crippen LogP contribution is 2.74. The van der Waals surface area contributed by atoms with Gasteiger partial charge in [0.05, 0.1) is 5.41 Å². The molecule has 3 fully saturated rings. The molecule has 0 saturated heterocycles. The predicted molar refractivity (Wildman–Crippen MR) is 132 cm³/mol. The lowest BCUT2D eigenvalue weighted by Gasteiger charge is -2.69. The number of carbonyl (C=O) groups is 3. The number of hydrogen-bond donors (Lipinski definition) is 4. The molecule has 0 radical (unpaired) electrons. The third-order valence-corrected chi connectivity index (χ3v) is 11.4. The first kappa shape index (κ1) is 24.8. The highest BCUT2D eigenvalue weighted by molar-refractivity contribution is 6.15. The minimum atomic E-state index is -1.45.